The van der Waals surface area contributed by atoms with E-state index in [1.54, 1.807) is 42.1 Å². The van der Waals surface area contributed by atoms with Gasteiger partial charge in [-0.05, 0) is 25.8 Å². The number of likely N-dealkylation sites (tertiary alicyclic amines) is 2. The number of amides is 2. The smallest absolute Gasteiger partial charge is 0.250 e. The minimum Gasteiger partial charge on any atom is -0.393 e. The zero-order valence-corrected chi connectivity index (χ0v) is 13.5. The Morgan fingerprint density at radius 3 is 2.70 bits per heavy atom. The van der Waals surface area contributed by atoms with Crippen LogP contribution in [-0.2, 0) is 16.1 Å². The number of hydrogen-bond donors (Lipinski definition) is 1. The van der Waals surface area contributed by atoms with Gasteiger partial charge in [-0.3, -0.25) is 9.59 Å². The van der Waals surface area contributed by atoms with Gasteiger partial charge in [-0.25, -0.2) is 9.97 Å². The molecular weight excluding hydrogens is 296 g/mol. The molecule has 0 bridgehead atoms. The first-order valence-electron chi connectivity index (χ1n) is 8.00. The minimum atomic E-state index is -0.718. The van der Waals surface area contributed by atoms with E-state index in [0.29, 0.717) is 31.9 Å². The maximum Gasteiger partial charge on any atom is 0.250 e. The molecule has 1 N–H and O–H groups in total. The van der Waals surface area contributed by atoms with Gasteiger partial charge in [-0.1, -0.05) is 6.92 Å². The van der Waals surface area contributed by atoms with E-state index in [2.05, 4.69) is 9.97 Å². The number of aliphatic hydroxyl groups excluding tert-OH is 1. The van der Waals surface area contributed by atoms with E-state index in [1.165, 1.54) is 0 Å². The molecule has 3 atom stereocenters. The minimum absolute atomic E-state index is 0.0337. The van der Waals surface area contributed by atoms with E-state index in [4.69, 9.17) is 0 Å². The fourth-order valence-electron chi connectivity index (χ4n) is 3.41. The Bertz CT molecular complexity index is 607. The lowest BCUT2D eigenvalue weighted by Crippen LogP contribution is -2.73. The van der Waals surface area contributed by atoms with Crippen molar-refractivity contribution >= 4 is 11.8 Å². The number of rotatable bonds is 4. The first-order valence-corrected chi connectivity index (χ1v) is 8.00. The summed E-state index contributed by atoms with van der Waals surface area (Å²) in [4.78, 5) is 36.9. The zero-order chi connectivity index (χ0) is 16.6. The summed E-state index contributed by atoms with van der Waals surface area (Å²) < 4.78 is 0. The van der Waals surface area contributed by atoms with Crippen molar-refractivity contribution in [2.45, 2.75) is 44.9 Å². The van der Waals surface area contributed by atoms with Gasteiger partial charge in [-0.2, -0.15) is 0 Å². The number of aromatic nitrogens is 2. The predicted octanol–water partition coefficient (Wildman–Crippen LogP) is 0.197. The number of nitrogens with zero attached hydrogens (tertiary/aromatic N) is 4. The fourth-order valence-corrected chi connectivity index (χ4v) is 3.41. The van der Waals surface area contributed by atoms with Crippen molar-refractivity contribution < 1.29 is 14.7 Å². The molecule has 0 radical (unpaired) electrons. The molecule has 0 saturated carbocycles. The summed E-state index contributed by atoms with van der Waals surface area (Å²) >= 11 is 0. The second kappa shape index (κ2) is 5.88. The fraction of sp³-hybridized carbons (Fsp3) is 0.625. The maximum absolute atomic E-state index is 12.7. The molecule has 0 aliphatic carbocycles. The summed E-state index contributed by atoms with van der Waals surface area (Å²) in [6.45, 7) is 4.78. The highest BCUT2D eigenvalue weighted by molar-refractivity contribution is 5.97. The summed E-state index contributed by atoms with van der Waals surface area (Å²) in [6, 6.07) is 1.73. The molecule has 2 saturated heterocycles. The molecule has 7 heteroatoms. The van der Waals surface area contributed by atoms with E-state index in [0.717, 1.165) is 6.42 Å². The lowest BCUT2D eigenvalue weighted by molar-refractivity contribution is -0.171. The summed E-state index contributed by atoms with van der Waals surface area (Å²) in [5.74, 6) is -0.0664. The van der Waals surface area contributed by atoms with Crippen molar-refractivity contribution in [1.29, 1.82) is 0 Å². The van der Waals surface area contributed by atoms with E-state index < -0.39 is 17.6 Å². The van der Waals surface area contributed by atoms with Gasteiger partial charge >= 0.3 is 0 Å². The summed E-state index contributed by atoms with van der Waals surface area (Å²) in [5.41, 5.74) is -0.713. The van der Waals surface area contributed by atoms with Crippen LogP contribution >= 0.6 is 0 Å². The SMILES string of the molecule is C[C@H](C(=O)N1CCCC12CN(Cc1ncccn1)C2=O)[C@@H](C)O. The number of β-lactam (4-membered cyclic amide) rings is 1. The number of carbonyl (C=O) groups is 2. The predicted molar refractivity (Wildman–Crippen MR) is 82.0 cm³/mol. The highest BCUT2D eigenvalue weighted by Gasteiger charge is 2.59. The van der Waals surface area contributed by atoms with Gasteiger partial charge in [0.05, 0.1) is 25.1 Å². The van der Waals surface area contributed by atoms with Gasteiger partial charge in [-0.15, -0.1) is 0 Å². The third-order valence-corrected chi connectivity index (χ3v) is 4.96. The third kappa shape index (κ3) is 2.59. The summed E-state index contributed by atoms with van der Waals surface area (Å²) in [7, 11) is 0. The lowest BCUT2D eigenvalue weighted by atomic mass is 9.84. The summed E-state index contributed by atoms with van der Waals surface area (Å²) in [6.07, 6.45) is 4.09. The third-order valence-electron chi connectivity index (χ3n) is 4.96. The van der Waals surface area contributed by atoms with Gasteiger partial charge in [0, 0.05) is 18.9 Å². The average Bonchev–Trinajstić information content (AvgIpc) is 3.00. The average molecular weight is 318 g/mol. The molecule has 1 unspecified atom stereocenters. The largest absolute Gasteiger partial charge is 0.393 e. The van der Waals surface area contributed by atoms with Crippen LogP contribution in [0.25, 0.3) is 0 Å². The van der Waals surface area contributed by atoms with Crippen molar-refractivity contribution in [3.63, 3.8) is 0 Å². The zero-order valence-electron chi connectivity index (χ0n) is 13.5. The van der Waals surface area contributed by atoms with Gasteiger partial charge in [0.25, 0.3) is 5.91 Å². The Hall–Kier alpha value is -2.02. The molecule has 2 fully saturated rings. The molecule has 23 heavy (non-hydrogen) atoms. The van der Waals surface area contributed by atoms with E-state index in [1.807, 2.05) is 0 Å². The van der Waals surface area contributed by atoms with Crippen LogP contribution in [0.4, 0.5) is 0 Å². The molecule has 2 amide bonds. The molecule has 3 heterocycles. The monoisotopic (exact) mass is 318 g/mol. The lowest BCUT2D eigenvalue weighted by Gasteiger charge is -2.51. The van der Waals surface area contributed by atoms with Crippen molar-refractivity contribution in [3.8, 4) is 0 Å². The van der Waals surface area contributed by atoms with E-state index in [9.17, 15) is 14.7 Å². The number of carbonyl (C=O) groups excluding carboxylic acids is 2. The highest BCUT2D eigenvalue weighted by Crippen LogP contribution is 2.40. The molecule has 3 rings (SSSR count). The van der Waals surface area contributed by atoms with Gasteiger partial charge < -0.3 is 14.9 Å². The van der Waals surface area contributed by atoms with Crippen molar-refractivity contribution in [1.82, 2.24) is 19.8 Å². The van der Waals surface area contributed by atoms with Crippen LogP contribution in [0.3, 0.4) is 0 Å². The molecule has 2 aliphatic heterocycles. The van der Waals surface area contributed by atoms with Crippen LogP contribution in [0.15, 0.2) is 18.5 Å². The van der Waals surface area contributed by atoms with Gasteiger partial charge in [0.15, 0.2) is 0 Å². The van der Waals surface area contributed by atoms with Gasteiger partial charge in [0.2, 0.25) is 5.91 Å². The molecule has 2 aliphatic rings. The maximum atomic E-state index is 12.7. The van der Waals surface area contributed by atoms with Crippen LogP contribution in [0.5, 0.6) is 0 Å². The molecule has 1 spiro atoms. The van der Waals surface area contributed by atoms with E-state index in [-0.39, 0.29) is 11.8 Å². The summed E-state index contributed by atoms with van der Waals surface area (Å²) in [5, 5.41) is 9.67. The Labute approximate surface area is 135 Å². The molecule has 124 valence electrons. The normalized spacial score (nSPS) is 26.3. The highest BCUT2D eigenvalue weighted by atomic mass is 16.3. The van der Waals surface area contributed by atoms with Crippen molar-refractivity contribution in [2.75, 3.05) is 13.1 Å². The first-order chi connectivity index (χ1) is 11.0. The molecule has 0 aromatic carbocycles. The van der Waals surface area contributed by atoms with Gasteiger partial charge in [0.1, 0.15) is 11.4 Å². The van der Waals surface area contributed by atoms with E-state index >= 15 is 0 Å². The second-order valence-corrected chi connectivity index (χ2v) is 6.48. The van der Waals surface area contributed by atoms with Crippen LogP contribution in [-0.4, -0.2) is 61.4 Å². The first kappa shape index (κ1) is 15.9. The van der Waals surface area contributed by atoms with Crippen molar-refractivity contribution in [3.05, 3.63) is 24.3 Å². The Balaban J connectivity index is 1.71. The topological polar surface area (TPSA) is 86.6 Å². The number of hydrogen-bond acceptors (Lipinski definition) is 5. The van der Waals surface area contributed by atoms with Crippen LogP contribution < -0.4 is 0 Å². The Morgan fingerprint density at radius 1 is 1.39 bits per heavy atom. The van der Waals surface area contributed by atoms with Crippen molar-refractivity contribution in [2.24, 2.45) is 5.92 Å². The molecule has 1 aromatic heterocycles. The standard InChI is InChI=1S/C16H22N4O3/c1-11(12(2)21)14(22)20-8-3-5-16(20)10-19(15(16)23)9-13-17-6-4-7-18-13/h4,6-7,11-12,21H,3,5,8-10H2,1-2H3/t11-,12+,16?/m0/s1. The Kier molecular flexibility index (Phi) is 4.06. The van der Waals surface area contributed by atoms with Crippen LogP contribution in [0.2, 0.25) is 0 Å². The number of aliphatic hydroxyl groups is 1. The molecule has 7 nitrogen and oxygen atoms in total. The second-order valence-electron chi connectivity index (χ2n) is 6.48. The molecule has 1 aromatic rings. The van der Waals surface area contributed by atoms with Crippen LogP contribution in [0, 0.1) is 5.92 Å². The van der Waals surface area contributed by atoms with Crippen LogP contribution in [0.1, 0.15) is 32.5 Å². The quantitative estimate of drug-likeness (QED) is 0.801. The Morgan fingerprint density at radius 2 is 2.09 bits per heavy atom. The molecular formula is C16H22N4O3.